The average Bonchev–Trinajstić information content (AvgIpc) is 2.12. The van der Waals surface area contributed by atoms with Gasteiger partial charge in [-0.2, -0.15) is 0 Å². The molecular weight excluding hydrogens is 261 g/mol. The lowest BCUT2D eigenvalue weighted by Crippen LogP contribution is -2.41. The Balaban J connectivity index is 3.37. The minimum atomic E-state index is -4.01. The van der Waals surface area contributed by atoms with E-state index < -0.39 is 37.8 Å². The van der Waals surface area contributed by atoms with Crippen LogP contribution in [0.15, 0.2) is 23.1 Å². The molecule has 0 spiro atoms. The molecule has 0 unspecified atom stereocenters. The molecule has 0 aromatic heterocycles. The molecule has 100 valence electrons. The molecule has 2 N–H and O–H groups in total. The van der Waals surface area contributed by atoms with Gasteiger partial charge >= 0.3 is 5.97 Å². The van der Waals surface area contributed by atoms with Gasteiger partial charge in [-0.1, -0.05) is 0 Å². The number of aromatic carboxylic acids is 1. The first-order valence-corrected chi connectivity index (χ1v) is 6.58. The van der Waals surface area contributed by atoms with Crippen LogP contribution in [-0.4, -0.2) is 25.0 Å². The van der Waals surface area contributed by atoms with Crippen LogP contribution >= 0.6 is 0 Å². The third-order valence-electron chi connectivity index (χ3n) is 1.90. The monoisotopic (exact) mass is 275 g/mol. The van der Waals surface area contributed by atoms with Crippen molar-refractivity contribution in [2.24, 2.45) is 0 Å². The third-order valence-corrected chi connectivity index (χ3v) is 3.72. The van der Waals surface area contributed by atoms with Crippen LogP contribution in [0.4, 0.5) is 4.39 Å². The SMILES string of the molecule is CC(C)(C)NS(=O)(=O)c1ccc(F)cc1C(=O)O. The van der Waals surface area contributed by atoms with Crippen molar-refractivity contribution in [3.63, 3.8) is 0 Å². The molecule has 1 aromatic rings. The second-order valence-electron chi connectivity index (χ2n) is 4.80. The van der Waals surface area contributed by atoms with Gasteiger partial charge in [-0.3, -0.25) is 0 Å². The second kappa shape index (κ2) is 4.66. The van der Waals surface area contributed by atoms with E-state index in [1.54, 1.807) is 20.8 Å². The normalized spacial score (nSPS) is 12.4. The van der Waals surface area contributed by atoms with Gasteiger partial charge in [0.15, 0.2) is 0 Å². The van der Waals surface area contributed by atoms with Gasteiger partial charge in [-0.15, -0.1) is 0 Å². The smallest absolute Gasteiger partial charge is 0.337 e. The van der Waals surface area contributed by atoms with Gasteiger partial charge in [0.1, 0.15) is 5.82 Å². The van der Waals surface area contributed by atoms with Crippen LogP contribution in [0.2, 0.25) is 0 Å². The van der Waals surface area contributed by atoms with E-state index in [0.29, 0.717) is 6.07 Å². The van der Waals surface area contributed by atoms with Crippen LogP contribution in [0.25, 0.3) is 0 Å². The molecule has 0 amide bonds. The minimum Gasteiger partial charge on any atom is -0.478 e. The fraction of sp³-hybridized carbons (Fsp3) is 0.364. The van der Waals surface area contributed by atoms with Crippen molar-refractivity contribution in [1.82, 2.24) is 4.72 Å². The predicted octanol–water partition coefficient (Wildman–Crippen LogP) is 1.60. The number of sulfonamides is 1. The maximum Gasteiger partial charge on any atom is 0.337 e. The molecule has 0 saturated heterocycles. The van der Waals surface area contributed by atoms with E-state index in [9.17, 15) is 17.6 Å². The highest BCUT2D eigenvalue weighted by Crippen LogP contribution is 2.19. The average molecular weight is 275 g/mol. The molecule has 1 rings (SSSR count). The Labute approximate surface area is 105 Å². The predicted molar refractivity (Wildman–Crippen MR) is 63.4 cm³/mol. The molecule has 0 aliphatic rings. The topological polar surface area (TPSA) is 83.5 Å². The standard InChI is InChI=1S/C11H14FNO4S/c1-11(2,3)13-18(16,17)9-5-4-7(12)6-8(9)10(14)15/h4-6,13H,1-3H3,(H,14,15). The van der Waals surface area contributed by atoms with Crippen molar-refractivity contribution in [1.29, 1.82) is 0 Å². The highest BCUT2D eigenvalue weighted by atomic mass is 32.2. The van der Waals surface area contributed by atoms with E-state index in [0.717, 1.165) is 12.1 Å². The molecule has 0 saturated carbocycles. The first-order chi connectivity index (χ1) is 8.03. The summed E-state index contributed by atoms with van der Waals surface area (Å²) >= 11 is 0. The van der Waals surface area contributed by atoms with Gasteiger partial charge in [-0.25, -0.2) is 22.3 Å². The fourth-order valence-electron chi connectivity index (χ4n) is 1.36. The zero-order valence-corrected chi connectivity index (χ0v) is 11.0. The molecule has 0 aliphatic carbocycles. The summed E-state index contributed by atoms with van der Waals surface area (Å²) in [6.45, 7) is 4.86. The second-order valence-corrected chi connectivity index (χ2v) is 6.45. The molecule has 0 atom stereocenters. The number of carbonyl (C=O) groups is 1. The molecule has 7 heteroatoms. The van der Waals surface area contributed by atoms with E-state index in [1.807, 2.05) is 0 Å². The summed E-state index contributed by atoms with van der Waals surface area (Å²) in [6.07, 6.45) is 0. The van der Waals surface area contributed by atoms with Crippen molar-refractivity contribution >= 4 is 16.0 Å². The lowest BCUT2D eigenvalue weighted by molar-refractivity contribution is 0.0692. The Morgan fingerprint density at radius 2 is 1.89 bits per heavy atom. The summed E-state index contributed by atoms with van der Waals surface area (Å²) in [5.41, 5.74) is -1.35. The summed E-state index contributed by atoms with van der Waals surface area (Å²) < 4.78 is 39.2. The molecule has 0 bridgehead atoms. The number of hydrogen-bond acceptors (Lipinski definition) is 3. The largest absolute Gasteiger partial charge is 0.478 e. The van der Waals surface area contributed by atoms with Crippen LogP contribution in [0.5, 0.6) is 0 Å². The molecule has 5 nitrogen and oxygen atoms in total. The quantitative estimate of drug-likeness (QED) is 0.877. The van der Waals surface area contributed by atoms with Gasteiger partial charge in [0.25, 0.3) is 0 Å². The molecule has 1 aromatic carbocycles. The third kappa shape index (κ3) is 3.51. The Morgan fingerprint density at radius 3 is 2.33 bits per heavy atom. The zero-order valence-electron chi connectivity index (χ0n) is 10.2. The number of halogens is 1. The van der Waals surface area contributed by atoms with Crippen molar-refractivity contribution in [2.75, 3.05) is 0 Å². The van der Waals surface area contributed by atoms with Crippen LogP contribution in [0, 0.1) is 5.82 Å². The van der Waals surface area contributed by atoms with E-state index in [1.165, 1.54) is 0 Å². The van der Waals surface area contributed by atoms with Crippen LogP contribution < -0.4 is 4.72 Å². The van der Waals surface area contributed by atoms with Crippen molar-refractivity contribution in [3.8, 4) is 0 Å². The van der Waals surface area contributed by atoms with Gasteiger partial charge in [0, 0.05) is 5.54 Å². The Bertz CT molecular complexity index is 575. The lowest BCUT2D eigenvalue weighted by Gasteiger charge is -2.21. The number of rotatable bonds is 3. The number of carboxylic acids is 1. The molecule has 18 heavy (non-hydrogen) atoms. The summed E-state index contributed by atoms with van der Waals surface area (Å²) in [5, 5.41) is 8.89. The molecule has 0 radical (unpaired) electrons. The number of nitrogens with one attached hydrogen (secondary N) is 1. The van der Waals surface area contributed by atoms with Crippen molar-refractivity contribution in [2.45, 2.75) is 31.2 Å². The van der Waals surface area contributed by atoms with Gasteiger partial charge in [0.05, 0.1) is 10.5 Å². The van der Waals surface area contributed by atoms with Gasteiger partial charge in [-0.05, 0) is 39.0 Å². The summed E-state index contributed by atoms with van der Waals surface area (Å²) in [6, 6.07) is 2.52. The van der Waals surface area contributed by atoms with Gasteiger partial charge in [0.2, 0.25) is 10.0 Å². The highest BCUT2D eigenvalue weighted by Gasteiger charge is 2.26. The minimum absolute atomic E-state index is 0.452. The van der Waals surface area contributed by atoms with Crippen molar-refractivity contribution < 1.29 is 22.7 Å². The first-order valence-electron chi connectivity index (χ1n) is 5.10. The number of hydrogen-bond donors (Lipinski definition) is 2. The van der Waals surface area contributed by atoms with E-state index in [4.69, 9.17) is 5.11 Å². The number of benzene rings is 1. The van der Waals surface area contributed by atoms with Crippen molar-refractivity contribution in [3.05, 3.63) is 29.6 Å². The molecule has 0 fully saturated rings. The van der Waals surface area contributed by atoms with Gasteiger partial charge < -0.3 is 5.11 Å². The van der Waals surface area contributed by atoms with Crippen LogP contribution in [0.1, 0.15) is 31.1 Å². The number of carboxylic acid groups (broad SMARTS) is 1. The van der Waals surface area contributed by atoms with Crippen LogP contribution in [-0.2, 0) is 10.0 Å². The Morgan fingerprint density at radius 1 is 1.33 bits per heavy atom. The maximum absolute atomic E-state index is 13.0. The summed E-state index contributed by atoms with van der Waals surface area (Å²) in [7, 11) is -4.01. The summed E-state index contributed by atoms with van der Waals surface area (Å²) in [4.78, 5) is 10.5. The lowest BCUT2D eigenvalue weighted by atomic mass is 10.1. The van der Waals surface area contributed by atoms with E-state index in [-0.39, 0.29) is 0 Å². The highest BCUT2D eigenvalue weighted by molar-refractivity contribution is 7.89. The van der Waals surface area contributed by atoms with Crippen LogP contribution in [0.3, 0.4) is 0 Å². The molecular formula is C11H14FNO4S. The molecule has 0 aliphatic heterocycles. The van der Waals surface area contributed by atoms with E-state index >= 15 is 0 Å². The summed E-state index contributed by atoms with van der Waals surface area (Å²) in [5.74, 6) is -2.30. The zero-order chi connectivity index (χ0) is 14.1. The Hall–Kier alpha value is -1.47. The van der Waals surface area contributed by atoms with E-state index in [2.05, 4.69) is 4.72 Å². The first kappa shape index (κ1) is 14.6. The molecule has 0 heterocycles. The Kier molecular flexibility index (Phi) is 3.78. The maximum atomic E-state index is 13.0. The fourth-order valence-corrected chi connectivity index (χ4v) is 2.96.